The van der Waals surface area contributed by atoms with Gasteiger partial charge < -0.3 is 10.1 Å². The van der Waals surface area contributed by atoms with Crippen LogP contribution in [-0.4, -0.2) is 57.0 Å². The minimum atomic E-state index is -4.52. The molecule has 0 saturated carbocycles. The number of nitrogens with zero attached hydrogens (tertiary/aromatic N) is 4. The molecule has 1 fully saturated rings. The van der Waals surface area contributed by atoms with Crippen molar-refractivity contribution in [2.24, 2.45) is 0 Å². The van der Waals surface area contributed by atoms with Crippen LogP contribution < -0.4 is 10.9 Å². The molecular weight excluding hydrogens is 435 g/mol. The van der Waals surface area contributed by atoms with E-state index >= 15 is 0 Å². The van der Waals surface area contributed by atoms with Crippen molar-refractivity contribution in [2.45, 2.75) is 51.6 Å². The summed E-state index contributed by atoms with van der Waals surface area (Å²) in [6.07, 6.45) is -2.26. The van der Waals surface area contributed by atoms with Crippen LogP contribution in [0.2, 0.25) is 5.02 Å². The minimum Gasteiger partial charge on any atom is -0.381 e. The number of nitrogens with one attached hydrogen (secondary N) is 1. The van der Waals surface area contributed by atoms with E-state index in [-0.39, 0.29) is 28.6 Å². The summed E-state index contributed by atoms with van der Waals surface area (Å²) in [5.41, 5.74) is -1.50. The zero-order valence-electron chi connectivity index (χ0n) is 17.7. The van der Waals surface area contributed by atoms with E-state index in [1.54, 1.807) is 0 Å². The molecule has 2 atom stereocenters. The van der Waals surface area contributed by atoms with Gasteiger partial charge in [0.05, 0.1) is 29.7 Å². The second-order valence-electron chi connectivity index (χ2n) is 8.32. The molecule has 1 aliphatic heterocycles. The molecular formula is C20H25ClF3N5O2. The summed E-state index contributed by atoms with van der Waals surface area (Å²) in [6, 6.07) is 1.91. The van der Waals surface area contributed by atoms with Crippen molar-refractivity contribution in [1.82, 2.24) is 19.7 Å². The molecule has 2 unspecified atom stereocenters. The number of halogens is 4. The lowest BCUT2D eigenvalue weighted by molar-refractivity contribution is -0.137. The van der Waals surface area contributed by atoms with Gasteiger partial charge in [-0.25, -0.2) is 4.98 Å². The van der Waals surface area contributed by atoms with E-state index in [1.807, 2.05) is 13.8 Å². The third kappa shape index (κ3) is 5.36. The van der Waals surface area contributed by atoms with Crippen LogP contribution in [0.1, 0.15) is 33.3 Å². The summed E-state index contributed by atoms with van der Waals surface area (Å²) >= 11 is 6.24. The standard InChI is InChI=1S/C20H25ClF3N5O2/c1-12-9-28(10-13(2)31-12)19(3,4)11-26-15-8-27-29(18(30)17(15)21)16-6-5-14(7-25-16)20(22,23)24/h5-8,12-13,26H,9-11H2,1-4H3. The number of rotatable bonds is 5. The molecule has 1 saturated heterocycles. The normalized spacial score (nSPS) is 20.6. The molecule has 1 aliphatic rings. The number of hydrogen-bond donors (Lipinski definition) is 1. The maximum absolute atomic E-state index is 12.7. The number of aromatic nitrogens is 3. The average molecular weight is 460 g/mol. The lowest BCUT2D eigenvalue weighted by Gasteiger charge is -2.45. The van der Waals surface area contributed by atoms with E-state index < -0.39 is 17.3 Å². The molecule has 1 N–H and O–H groups in total. The molecule has 0 bridgehead atoms. The Morgan fingerprint density at radius 3 is 2.39 bits per heavy atom. The van der Waals surface area contributed by atoms with Crippen molar-refractivity contribution in [3.63, 3.8) is 0 Å². The van der Waals surface area contributed by atoms with Gasteiger partial charge in [0.2, 0.25) is 0 Å². The zero-order valence-corrected chi connectivity index (χ0v) is 18.5. The molecule has 0 radical (unpaired) electrons. The lowest BCUT2D eigenvalue weighted by atomic mass is 10.00. The Balaban J connectivity index is 1.76. The number of pyridine rings is 1. The van der Waals surface area contributed by atoms with E-state index in [4.69, 9.17) is 16.3 Å². The van der Waals surface area contributed by atoms with Gasteiger partial charge >= 0.3 is 6.18 Å². The van der Waals surface area contributed by atoms with Gasteiger partial charge in [0.1, 0.15) is 5.02 Å². The Kier molecular flexibility index (Phi) is 6.64. The summed E-state index contributed by atoms with van der Waals surface area (Å²) in [5, 5.41) is 7.07. The Bertz CT molecular complexity index is 968. The molecule has 3 rings (SSSR count). The van der Waals surface area contributed by atoms with Gasteiger partial charge in [0.15, 0.2) is 5.82 Å². The van der Waals surface area contributed by atoms with Crippen LogP contribution in [0.5, 0.6) is 0 Å². The Labute approximate surface area is 183 Å². The van der Waals surface area contributed by atoms with E-state index in [1.165, 1.54) is 6.20 Å². The quantitative estimate of drug-likeness (QED) is 0.736. The second kappa shape index (κ2) is 8.76. The van der Waals surface area contributed by atoms with E-state index in [0.717, 1.165) is 29.9 Å². The Morgan fingerprint density at radius 1 is 1.19 bits per heavy atom. The third-order valence-corrected chi connectivity index (χ3v) is 5.56. The number of hydrogen-bond acceptors (Lipinski definition) is 6. The van der Waals surface area contributed by atoms with Crippen molar-refractivity contribution in [1.29, 1.82) is 0 Å². The van der Waals surface area contributed by atoms with Gasteiger partial charge in [-0.3, -0.25) is 9.69 Å². The molecule has 11 heteroatoms. The largest absolute Gasteiger partial charge is 0.417 e. The van der Waals surface area contributed by atoms with Gasteiger partial charge in [0.25, 0.3) is 5.56 Å². The highest BCUT2D eigenvalue weighted by atomic mass is 35.5. The second-order valence-corrected chi connectivity index (χ2v) is 8.70. The summed E-state index contributed by atoms with van der Waals surface area (Å²) in [6.45, 7) is 10.3. The van der Waals surface area contributed by atoms with E-state index in [2.05, 4.69) is 34.1 Å². The molecule has 0 aromatic carbocycles. The fourth-order valence-corrected chi connectivity index (χ4v) is 3.69. The van der Waals surface area contributed by atoms with Gasteiger partial charge in [-0.05, 0) is 39.8 Å². The zero-order chi connectivity index (χ0) is 23.0. The van der Waals surface area contributed by atoms with Crippen LogP contribution in [0, 0.1) is 0 Å². The van der Waals surface area contributed by atoms with Crippen LogP contribution in [-0.2, 0) is 10.9 Å². The van der Waals surface area contributed by atoms with Crippen LogP contribution in [0.15, 0.2) is 29.3 Å². The van der Waals surface area contributed by atoms with Crippen LogP contribution in [0.25, 0.3) is 5.82 Å². The first-order chi connectivity index (χ1) is 14.4. The monoisotopic (exact) mass is 459 g/mol. The van der Waals surface area contributed by atoms with Crippen molar-refractivity contribution >= 4 is 17.3 Å². The first-order valence-corrected chi connectivity index (χ1v) is 10.2. The van der Waals surface area contributed by atoms with Gasteiger partial charge in [-0.15, -0.1) is 0 Å². The highest BCUT2D eigenvalue weighted by Gasteiger charge is 2.33. The van der Waals surface area contributed by atoms with Crippen LogP contribution >= 0.6 is 11.6 Å². The van der Waals surface area contributed by atoms with Crippen molar-refractivity contribution < 1.29 is 17.9 Å². The lowest BCUT2D eigenvalue weighted by Crippen LogP contribution is -2.57. The van der Waals surface area contributed by atoms with Gasteiger partial charge in [-0.2, -0.15) is 23.0 Å². The SMILES string of the molecule is CC1CN(C(C)(C)CNc2cnn(-c3ccc(C(F)(F)F)cn3)c(=O)c2Cl)CC(C)O1. The van der Waals surface area contributed by atoms with Crippen LogP contribution in [0.3, 0.4) is 0 Å². The van der Waals surface area contributed by atoms with Gasteiger partial charge in [-0.1, -0.05) is 11.6 Å². The molecule has 0 aliphatic carbocycles. The first kappa shape index (κ1) is 23.5. The van der Waals surface area contributed by atoms with Crippen molar-refractivity contribution in [3.05, 3.63) is 45.5 Å². The maximum atomic E-state index is 12.7. The number of morpholine rings is 1. The molecule has 31 heavy (non-hydrogen) atoms. The summed E-state index contributed by atoms with van der Waals surface area (Å²) < 4.78 is 44.8. The molecule has 0 spiro atoms. The molecule has 170 valence electrons. The Hall–Kier alpha value is -2.17. The fourth-order valence-electron chi connectivity index (χ4n) is 3.49. The maximum Gasteiger partial charge on any atom is 0.417 e. The van der Waals surface area contributed by atoms with Gasteiger partial charge in [0, 0.05) is 31.4 Å². The van der Waals surface area contributed by atoms with Crippen LogP contribution in [0.4, 0.5) is 18.9 Å². The molecule has 2 aromatic rings. The highest BCUT2D eigenvalue weighted by molar-refractivity contribution is 6.32. The summed E-state index contributed by atoms with van der Waals surface area (Å²) in [4.78, 5) is 18.6. The third-order valence-electron chi connectivity index (χ3n) is 5.20. The molecule has 0 amide bonds. The molecule has 2 aromatic heterocycles. The predicted molar refractivity (Wildman–Crippen MR) is 112 cm³/mol. The van der Waals surface area contributed by atoms with E-state index in [0.29, 0.717) is 18.4 Å². The number of anilines is 1. The smallest absolute Gasteiger partial charge is 0.381 e. The van der Waals surface area contributed by atoms with E-state index in [9.17, 15) is 18.0 Å². The molecule has 3 heterocycles. The number of ether oxygens (including phenoxy) is 1. The summed E-state index contributed by atoms with van der Waals surface area (Å²) in [5.74, 6) is -0.0527. The first-order valence-electron chi connectivity index (χ1n) is 9.84. The average Bonchev–Trinajstić information content (AvgIpc) is 2.68. The number of alkyl halides is 3. The topological polar surface area (TPSA) is 72.3 Å². The fraction of sp³-hybridized carbons (Fsp3) is 0.550. The van der Waals surface area contributed by atoms with Crippen molar-refractivity contribution in [2.75, 3.05) is 25.0 Å². The predicted octanol–water partition coefficient (Wildman–Crippen LogP) is 3.60. The summed E-state index contributed by atoms with van der Waals surface area (Å²) in [7, 11) is 0. The Morgan fingerprint density at radius 2 is 1.84 bits per heavy atom. The molecule has 7 nitrogen and oxygen atoms in total. The van der Waals surface area contributed by atoms with Crippen molar-refractivity contribution in [3.8, 4) is 5.82 Å². The minimum absolute atomic E-state index is 0.0527. The highest BCUT2D eigenvalue weighted by Crippen LogP contribution is 2.29.